The lowest BCUT2D eigenvalue weighted by Gasteiger charge is -2.01. The summed E-state index contributed by atoms with van der Waals surface area (Å²) in [4.78, 5) is 0.436. The standard InChI is InChI=1S/C15H12ClFOS/c1-11-6-8-13(9-7-11)19(18)15(17)10-12-4-2-3-5-14(12)16/h2-10H,1H3/b15-10-/t19-/m0/s1. The summed E-state index contributed by atoms with van der Waals surface area (Å²) in [6, 6.07) is 13.8. The van der Waals surface area contributed by atoms with Crippen molar-refractivity contribution in [3.05, 3.63) is 69.8 Å². The molecule has 19 heavy (non-hydrogen) atoms. The molecular formula is C15H12ClFOS. The van der Waals surface area contributed by atoms with Gasteiger partial charge in [0.15, 0.2) is 5.16 Å². The highest BCUT2D eigenvalue weighted by molar-refractivity contribution is 7.89. The molecule has 1 nitrogen and oxygen atoms in total. The van der Waals surface area contributed by atoms with Crippen LogP contribution in [0.15, 0.2) is 58.6 Å². The van der Waals surface area contributed by atoms with Gasteiger partial charge >= 0.3 is 0 Å². The van der Waals surface area contributed by atoms with E-state index in [1.807, 2.05) is 6.92 Å². The number of rotatable bonds is 3. The zero-order chi connectivity index (χ0) is 13.8. The Labute approximate surface area is 119 Å². The molecule has 0 aliphatic rings. The molecule has 0 radical (unpaired) electrons. The van der Waals surface area contributed by atoms with Gasteiger partial charge in [0.05, 0.1) is 0 Å². The number of halogens is 2. The van der Waals surface area contributed by atoms with E-state index >= 15 is 0 Å². The summed E-state index contributed by atoms with van der Waals surface area (Å²) in [6.07, 6.45) is 1.21. The van der Waals surface area contributed by atoms with Gasteiger partial charge in [-0.25, -0.2) is 4.21 Å². The van der Waals surface area contributed by atoms with Gasteiger partial charge in [-0.1, -0.05) is 47.5 Å². The maximum Gasteiger partial charge on any atom is 0.192 e. The van der Waals surface area contributed by atoms with Crippen LogP contribution in [0.4, 0.5) is 4.39 Å². The van der Waals surface area contributed by atoms with E-state index in [1.54, 1.807) is 48.5 Å². The molecule has 0 amide bonds. The van der Waals surface area contributed by atoms with Gasteiger partial charge in [-0.2, -0.15) is 4.39 Å². The first-order chi connectivity index (χ1) is 9.08. The third kappa shape index (κ3) is 3.52. The molecule has 2 aromatic carbocycles. The van der Waals surface area contributed by atoms with E-state index < -0.39 is 16.0 Å². The van der Waals surface area contributed by atoms with Crippen LogP contribution >= 0.6 is 11.6 Å². The molecule has 0 aliphatic carbocycles. The molecular weight excluding hydrogens is 283 g/mol. The Balaban J connectivity index is 2.29. The Morgan fingerprint density at radius 1 is 1.16 bits per heavy atom. The minimum Gasteiger partial charge on any atom is -0.247 e. The Morgan fingerprint density at radius 2 is 1.79 bits per heavy atom. The molecule has 0 unspecified atom stereocenters. The third-order valence-electron chi connectivity index (χ3n) is 2.59. The molecule has 0 saturated carbocycles. The van der Waals surface area contributed by atoms with Crippen molar-refractivity contribution in [3.8, 4) is 0 Å². The molecule has 2 aromatic rings. The Kier molecular flexibility index (Phi) is 4.51. The quantitative estimate of drug-likeness (QED) is 0.800. The maximum atomic E-state index is 14.0. The van der Waals surface area contributed by atoms with Crippen LogP contribution in [0.3, 0.4) is 0 Å². The Hall–Kier alpha value is -1.45. The highest BCUT2D eigenvalue weighted by atomic mass is 35.5. The lowest BCUT2D eigenvalue weighted by molar-refractivity contribution is 0.653. The van der Waals surface area contributed by atoms with Crippen molar-refractivity contribution in [2.75, 3.05) is 0 Å². The van der Waals surface area contributed by atoms with E-state index in [2.05, 4.69) is 0 Å². The average Bonchev–Trinajstić information content (AvgIpc) is 2.41. The average molecular weight is 295 g/mol. The molecule has 4 heteroatoms. The van der Waals surface area contributed by atoms with Gasteiger partial charge in [-0.3, -0.25) is 0 Å². The van der Waals surface area contributed by atoms with E-state index in [0.717, 1.165) is 5.56 Å². The fraction of sp³-hybridized carbons (Fsp3) is 0.0667. The third-order valence-corrected chi connectivity index (χ3v) is 4.10. The molecule has 0 spiro atoms. The predicted molar refractivity (Wildman–Crippen MR) is 78.1 cm³/mol. The largest absolute Gasteiger partial charge is 0.247 e. The summed E-state index contributed by atoms with van der Waals surface area (Å²) < 4.78 is 25.9. The number of aryl methyl sites for hydroxylation is 1. The fourth-order valence-corrected chi connectivity index (χ4v) is 2.58. The van der Waals surface area contributed by atoms with Crippen LogP contribution < -0.4 is 0 Å². The zero-order valence-electron chi connectivity index (χ0n) is 10.3. The van der Waals surface area contributed by atoms with Crippen molar-refractivity contribution in [1.82, 2.24) is 0 Å². The summed E-state index contributed by atoms with van der Waals surface area (Å²) in [7, 11) is -1.81. The minimum absolute atomic E-state index is 0.429. The summed E-state index contributed by atoms with van der Waals surface area (Å²) in [6.45, 7) is 1.92. The van der Waals surface area contributed by atoms with Crippen LogP contribution in [0.5, 0.6) is 0 Å². The van der Waals surface area contributed by atoms with Crippen molar-refractivity contribution < 1.29 is 8.60 Å². The molecule has 0 fully saturated rings. The van der Waals surface area contributed by atoms with E-state index in [1.165, 1.54) is 6.08 Å². The smallest absolute Gasteiger partial charge is 0.192 e. The fourth-order valence-electron chi connectivity index (χ4n) is 1.54. The molecule has 0 saturated heterocycles. The molecule has 2 rings (SSSR count). The van der Waals surface area contributed by atoms with Crippen molar-refractivity contribution in [1.29, 1.82) is 0 Å². The molecule has 0 aromatic heterocycles. The lowest BCUT2D eigenvalue weighted by Crippen LogP contribution is -1.92. The first-order valence-corrected chi connectivity index (χ1v) is 7.21. The molecule has 98 valence electrons. The first-order valence-electron chi connectivity index (χ1n) is 5.68. The summed E-state index contributed by atoms with van der Waals surface area (Å²) in [5, 5.41) is -0.282. The second-order valence-electron chi connectivity index (χ2n) is 4.05. The molecule has 0 heterocycles. The van der Waals surface area contributed by atoms with Gasteiger partial charge in [-0.15, -0.1) is 0 Å². The van der Waals surface area contributed by atoms with Gasteiger partial charge in [0.25, 0.3) is 0 Å². The van der Waals surface area contributed by atoms with Gasteiger partial charge in [0.2, 0.25) is 0 Å². The number of hydrogen-bond donors (Lipinski definition) is 0. The van der Waals surface area contributed by atoms with E-state index in [4.69, 9.17) is 11.6 Å². The predicted octanol–water partition coefficient (Wildman–Crippen LogP) is 4.72. The molecule has 0 aliphatic heterocycles. The van der Waals surface area contributed by atoms with Gasteiger partial charge in [-0.05, 0) is 36.8 Å². The topological polar surface area (TPSA) is 17.1 Å². The van der Waals surface area contributed by atoms with Crippen LogP contribution in [0.1, 0.15) is 11.1 Å². The highest BCUT2D eigenvalue weighted by Gasteiger charge is 2.10. The van der Waals surface area contributed by atoms with Gasteiger partial charge < -0.3 is 0 Å². The van der Waals surface area contributed by atoms with Crippen LogP contribution in [-0.2, 0) is 10.8 Å². The minimum atomic E-state index is -1.81. The molecule has 0 bridgehead atoms. The van der Waals surface area contributed by atoms with Crippen LogP contribution in [-0.4, -0.2) is 4.21 Å². The van der Waals surface area contributed by atoms with Crippen LogP contribution in [0.25, 0.3) is 6.08 Å². The maximum absolute atomic E-state index is 14.0. The van der Waals surface area contributed by atoms with Crippen molar-refractivity contribution in [3.63, 3.8) is 0 Å². The summed E-state index contributed by atoms with van der Waals surface area (Å²) in [5.74, 6) is 0. The van der Waals surface area contributed by atoms with Crippen LogP contribution in [0.2, 0.25) is 5.02 Å². The first kappa shape index (κ1) is 14.0. The van der Waals surface area contributed by atoms with E-state index in [9.17, 15) is 8.60 Å². The van der Waals surface area contributed by atoms with Crippen molar-refractivity contribution in [2.24, 2.45) is 0 Å². The zero-order valence-corrected chi connectivity index (χ0v) is 11.8. The highest BCUT2D eigenvalue weighted by Crippen LogP contribution is 2.22. The second-order valence-corrected chi connectivity index (χ2v) is 5.86. The Morgan fingerprint density at radius 3 is 2.42 bits per heavy atom. The molecule has 0 N–H and O–H groups in total. The van der Waals surface area contributed by atoms with Crippen LogP contribution in [0, 0.1) is 6.92 Å². The monoisotopic (exact) mass is 294 g/mol. The van der Waals surface area contributed by atoms with Gasteiger partial charge in [0, 0.05) is 9.92 Å². The normalized spacial score (nSPS) is 13.3. The van der Waals surface area contributed by atoms with Gasteiger partial charge in [0.1, 0.15) is 10.8 Å². The van der Waals surface area contributed by atoms with E-state index in [0.29, 0.717) is 15.5 Å². The summed E-state index contributed by atoms with van der Waals surface area (Å²) >= 11 is 5.93. The summed E-state index contributed by atoms with van der Waals surface area (Å²) in [5.41, 5.74) is 1.55. The number of hydrogen-bond acceptors (Lipinski definition) is 1. The van der Waals surface area contributed by atoms with E-state index in [-0.39, 0.29) is 0 Å². The SMILES string of the molecule is Cc1ccc([S@](=O)/C(F)=C\c2ccccc2Cl)cc1. The molecule has 1 atom stereocenters. The lowest BCUT2D eigenvalue weighted by atomic mass is 10.2. The Bertz CT molecular complexity index is 635. The van der Waals surface area contributed by atoms with Crippen molar-refractivity contribution >= 4 is 28.5 Å². The van der Waals surface area contributed by atoms with Crippen molar-refractivity contribution in [2.45, 2.75) is 11.8 Å². The number of benzene rings is 2. The second kappa shape index (κ2) is 6.13.